The number of hydrogen-bond donors (Lipinski definition) is 6. The molecular weight excluding hydrogens is 1320 g/mol. The average molecular weight is 1480 g/mol. The summed E-state index contributed by atoms with van der Waals surface area (Å²) in [5.74, 6) is 5.39. The van der Waals surface area contributed by atoms with Crippen molar-refractivity contribution in [1.29, 1.82) is 0 Å². The number of rotatable bonds is 39. The lowest BCUT2D eigenvalue weighted by atomic mass is 9.95. The van der Waals surface area contributed by atoms with Crippen LogP contribution in [0.15, 0.2) is 0 Å². The number of alkyl halides is 6. The molecule has 0 aliphatic heterocycles. The van der Waals surface area contributed by atoms with Crippen molar-refractivity contribution in [3.8, 4) is 11.8 Å². The minimum absolute atomic E-state index is 0.0573. The highest BCUT2D eigenvalue weighted by molar-refractivity contribution is 5.76. The second-order valence-electron chi connectivity index (χ2n) is 23.5. The molecule has 1 aliphatic rings. The van der Waals surface area contributed by atoms with Crippen molar-refractivity contribution < 1.29 is 88.3 Å². The van der Waals surface area contributed by atoms with Gasteiger partial charge in [0.1, 0.15) is 0 Å². The molecule has 612 valence electrons. The lowest BCUT2D eigenvalue weighted by Gasteiger charge is -2.16. The smallest absolute Gasteiger partial charge is 0.411 e. The molecule has 0 bridgehead atoms. The Bertz CT molecular complexity index is 1630. The first-order chi connectivity index (χ1) is 47.9. The summed E-state index contributed by atoms with van der Waals surface area (Å²) in [6.45, 7) is 43.9. The molecule has 1 rings (SSSR count). The largest absolute Gasteiger partial charge is 0.453 e. The van der Waals surface area contributed by atoms with Crippen molar-refractivity contribution in [3.63, 3.8) is 0 Å². The first-order valence-electron chi connectivity index (χ1n) is 37.8. The SMILES string of the molecule is CCC#CCC.CCC(C)C(C)COC.CCCCCC(C)C.CCCCCC1CC1(F)F.CCCCCCOC.CCCCNC(=O)OC.CCCNC(=O)CC.CCCNC(=O)CC(F)F.CCCNC(=O)OC(F)F.CCCNC(C)=O.CCCOC(=O)NC.CCCOCCOC. The maximum absolute atomic E-state index is 12.2. The van der Waals surface area contributed by atoms with Crippen LogP contribution in [0.2, 0.25) is 0 Å². The molecule has 19 nitrogen and oxygen atoms in total. The zero-order valence-corrected chi connectivity index (χ0v) is 68.7. The van der Waals surface area contributed by atoms with Gasteiger partial charge in [0.15, 0.2) is 0 Å². The molecule has 3 unspecified atom stereocenters. The number of carbonyl (C=O) groups is 6. The van der Waals surface area contributed by atoms with Gasteiger partial charge < -0.3 is 65.1 Å². The summed E-state index contributed by atoms with van der Waals surface area (Å²) in [4.78, 5) is 61.8. The van der Waals surface area contributed by atoms with Gasteiger partial charge in [0.05, 0.1) is 33.4 Å². The lowest BCUT2D eigenvalue weighted by Crippen LogP contribution is -2.26. The molecule has 0 saturated heterocycles. The van der Waals surface area contributed by atoms with Gasteiger partial charge in [-0.3, -0.25) is 14.4 Å². The zero-order chi connectivity index (χ0) is 80.2. The van der Waals surface area contributed by atoms with Crippen molar-refractivity contribution in [2.45, 2.75) is 317 Å². The summed E-state index contributed by atoms with van der Waals surface area (Å²) in [5, 5.41) is 14.8. The fourth-order valence-electron chi connectivity index (χ4n) is 6.39. The number of carbonyl (C=O) groups excluding carboxylic acids is 6. The lowest BCUT2D eigenvalue weighted by molar-refractivity contribution is -0.123. The van der Waals surface area contributed by atoms with E-state index in [1.807, 2.05) is 41.5 Å². The number of unbranched alkanes of at least 4 members (excludes halogenated alkanes) is 8. The maximum atomic E-state index is 12.2. The molecule has 0 spiro atoms. The Balaban J connectivity index is -0.0000000974. The molecule has 1 saturated carbocycles. The van der Waals surface area contributed by atoms with Crippen molar-refractivity contribution in [3.05, 3.63) is 0 Å². The van der Waals surface area contributed by atoms with Crippen LogP contribution in [-0.2, 0) is 47.5 Å². The maximum Gasteiger partial charge on any atom is 0.411 e. The highest BCUT2D eigenvalue weighted by Gasteiger charge is 2.55. The van der Waals surface area contributed by atoms with Gasteiger partial charge in [-0.1, -0.05) is 202 Å². The van der Waals surface area contributed by atoms with Gasteiger partial charge in [0, 0.05) is 119 Å². The minimum Gasteiger partial charge on any atom is -0.453 e. The van der Waals surface area contributed by atoms with E-state index in [0.29, 0.717) is 51.6 Å². The number of amides is 6. The van der Waals surface area contributed by atoms with Crippen LogP contribution in [0.4, 0.5) is 40.7 Å². The molecule has 0 aromatic carbocycles. The molecule has 0 aromatic heterocycles. The topological polar surface area (TPSA) is 239 Å². The molecule has 6 amide bonds. The standard InChI is InChI=1S/C8H14F2.C8H18O.C8H18.C7H16O.C6H11F2NO.C6H13NO2.C6H13NO.C6H14O2.C6H10.C5H9F2NO2.C5H11NO2.C5H11NO/c1-2-3-4-5-7-6-8(7,9)10;1-5-7(2)8(3)6-9-4;1-4-5-6-7-8(2)3;1-3-4-5-6-7-8-2;1-2-3-9-6(10)4-5(7)8;1-3-4-5-7-6(8)9-2;1-3-5-7-6(8)4-2;1-3-4-8-6-5-7-2;1-3-5-6-4-2;1-2-3-8-5(9)10-4(6)7;1-3-4-8-5(7)6-2;1-3-4-6-5(2)7/h7H,2-6H2,1H3;7-8H,5-6H2,1-4H3;8H,4-7H2,1-3H3;3-7H2,1-2H3;5H,2-4H2,1H3,(H,9,10);3-5H2,1-2H3,(H,7,8);3-5H2,1-2H3,(H,7,8);3-6H2,1-2H3;3-4H2,1-2H3;4H,2-3H2,1H3,(H,8,9);3-4H2,1-2H3,(H,6,7);3-4H2,1-2H3,(H,6,7). The number of halogens is 6. The fourth-order valence-corrected chi connectivity index (χ4v) is 6.39. The average Bonchev–Trinajstić information content (AvgIpc) is 1.65. The van der Waals surface area contributed by atoms with Gasteiger partial charge in [-0.05, 0) is 75.5 Å². The summed E-state index contributed by atoms with van der Waals surface area (Å²) in [7, 11) is 8.10. The zero-order valence-electron chi connectivity index (χ0n) is 68.7. The molecule has 0 heterocycles. The number of nitrogens with one attached hydrogen (secondary N) is 6. The highest BCUT2D eigenvalue weighted by atomic mass is 19.3. The first kappa shape index (κ1) is 120. The fraction of sp³-hybridized carbons (Fsp3) is 0.895. The van der Waals surface area contributed by atoms with E-state index in [1.165, 1.54) is 78.9 Å². The van der Waals surface area contributed by atoms with Crippen LogP contribution in [0, 0.1) is 35.5 Å². The van der Waals surface area contributed by atoms with Gasteiger partial charge in [0.2, 0.25) is 24.1 Å². The Labute approximate surface area is 614 Å². The number of hydrogen-bond acceptors (Lipinski definition) is 13. The van der Waals surface area contributed by atoms with Crippen molar-refractivity contribution in [2.24, 2.45) is 23.7 Å². The van der Waals surface area contributed by atoms with Gasteiger partial charge in [-0.15, -0.1) is 11.8 Å². The number of alkyl carbamates (subject to hydrolysis) is 3. The molecule has 1 aliphatic carbocycles. The van der Waals surface area contributed by atoms with Crippen LogP contribution in [-0.4, -0.2) is 163 Å². The van der Waals surface area contributed by atoms with E-state index in [4.69, 9.17) is 18.9 Å². The van der Waals surface area contributed by atoms with Crippen molar-refractivity contribution in [1.82, 2.24) is 31.9 Å². The van der Waals surface area contributed by atoms with Crippen LogP contribution < -0.4 is 31.9 Å². The highest BCUT2D eigenvalue weighted by Crippen LogP contribution is 2.51. The van der Waals surface area contributed by atoms with E-state index in [2.05, 4.69) is 141 Å². The third kappa shape index (κ3) is 146. The molecule has 101 heavy (non-hydrogen) atoms. The second kappa shape index (κ2) is 106. The number of methoxy groups -OCH3 is 4. The number of ether oxygens (including phenoxy) is 7. The van der Waals surface area contributed by atoms with Crippen LogP contribution in [0.1, 0.15) is 298 Å². The van der Waals surface area contributed by atoms with Gasteiger partial charge >= 0.3 is 24.9 Å². The monoisotopic (exact) mass is 1480 g/mol. The Morgan fingerprint density at radius 3 is 1.32 bits per heavy atom. The predicted molar refractivity (Wildman–Crippen MR) is 407 cm³/mol. The molecule has 6 N–H and O–H groups in total. The Morgan fingerprint density at radius 2 is 0.950 bits per heavy atom. The Morgan fingerprint density at radius 1 is 0.485 bits per heavy atom. The van der Waals surface area contributed by atoms with Crippen molar-refractivity contribution in [2.75, 3.05) is 108 Å². The summed E-state index contributed by atoms with van der Waals surface area (Å²) in [5.41, 5.74) is 0. The molecule has 25 heteroatoms. The normalized spacial score (nSPS) is 11.8. The summed E-state index contributed by atoms with van der Waals surface area (Å²) in [6.07, 6.45) is 21.3. The van der Waals surface area contributed by atoms with Crippen LogP contribution in [0.5, 0.6) is 0 Å². The molecule has 0 radical (unpaired) electrons. The first-order valence-corrected chi connectivity index (χ1v) is 37.8. The van der Waals surface area contributed by atoms with E-state index in [0.717, 1.165) is 135 Å². The molecular formula is C76H158F6N6O13. The van der Waals surface area contributed by atoms with E-state index in [-0.39, 0.29) is 36.3 Å². The van der Waals surface area contributed by atoms with E-state index >= 15 is 0 Å². The Hall–Kier alpha value is -4.80. The van der Waals surface area contributed by atoms with E-state index in [1.54, 1.807) is 21.3 Å². The molecule has 1 fully saturated rings. The van der Waals surface area contributed by atoms with Crippen molar-refractivity contribution >= 4 is 36.0 Å². The van der Waals surface area contributed by atoms with Crippen LogP contribution in [0.25, 0.3) is 0 Å². The predicted octanol–water partition coefficient (Wildman–Crippen LogP) is 19.7. The van der Waals surface area contributed by atoms with Gasteiger partial charge in [-0.25, -0.2) is 31.9 Å². The summed E-state index contributed by atoms with van der Waals surface area (Å²) >= 11 is 0. The quantitative estimate of drug-likeness (QED) is 0.0145. The van der Waals surface area contributed by atoms with E-state index in [9.17, 15) is 55.1 Å². The van der Waals surface area contributed by atoms with Gasteiger partial charge in [-0.2, -0.15) is 8.78 Å². The second-order valence-corrected chi connectivity index (χ2v) is 23.5. The third-order valence-electron chi connectivity index (χ3n) is 12.8. The van der Waals surface area contributed by atoms with Gasteiger partial charge in [0.25, 0.3) is 5.92 Å². The minimum atomic E-state index is -3.03. The van der Waals surface area contributed by atoms with Crippen LogP contribution in [0.3, 0.4) is 0 Å². The van der Waals surface area contributed by atoms with Crippen LogP contribution >= 0.6 is 0 Å². The third-order valence-corrected chi connectivity index (χ3v) is 12.8. The molecule has 3 atom stereocenters. The summed E-state index contributed by atoms with van der Waals surface area (Å²) < 4.78 is 102. The molecule has 0 aromatic rings. The Kier molecular flexibility index (Phi) is 126. The van der Waals surface area contributed by atoms with E-state index < -0.39 is 37.4 Å². The summed E-state index contributed by atoms with van der Waals surface area (Å²) in [6, 6.07) is 0.